The van der Waals surface area contributed by atoms with E-state index in [4.69, 9.17) is 0 Å². The first-order valence-corrected chi connectivity index (χ1v) is 10.0. The molecule has 0 amide bonds. The lowest BCUT2D eigenvalue weighted by Gasteiger charge is -2.44. The van der Waals surface area contributed by atoms with Crippen molar-refractivity contribution >= 4 is 18.3 Å². The maximum atomic E-state index is 9.48. The molecule has 1 unspecified atom stereocenters. The molecule has 4 heteroatoms. The van der Waals surface area contributed by atoms with Crippen LogP contribution in [0, 0.1) is 11.3 Å². The molecular weight excluding hydrogens is 340 g/mol. The van der Waals surface area contributed by atoms with Crippen LogP contribution < -0.4 is 4.90 Å². The number of benzene rings is 1. The molecule has 0 aliphatic rings. The van der Waals surface area contributed by atoms with Gasteiger partial charge in [0.1, 0.15) is 0 Å². The Kier molecular flexibility index (Phi) is 8.71. The van der Waals surface area contributed by atoms with E-state index in [1.54, 1.807) is 0 Å². The number of rotatable bonds is 10. The van der Waals surface area contributed by atoms with Gasteiger partial charge in [0.2, 0.25) is 0 Å². The number of aliphatic hydroxyl groups excluding tert-OH is 1. The summed E-state index contributed by atoms with van der Waals surface area (Å²) in [5.74, 6) is 0.336. The van der Waals surface area contributed by atoms with Crippen molar-refractivity contribution in [3.63, 3.8) is 0 Å². The van der Waals surface area contributed by atoms with Gasteiger partial charge >= 0.3 is 0 Å². The zero-order valence-electron chi connectivity index (χ0n) is 17.7. The zero-order chi connectivity index (χ0) is 20.1. The number of nitrogens with zero attached hydrogens (tertiary/aromatic N) is 2. The number of anilines is 1. The molecule has 0 spiro atoms. The number of para-hydroxylation sites is 1. The van der Waals surface area contributed by atoms with E-state index in [-0.39, 0.29) is 18.1 Å². The van der Waals surface area contributed by atoms with Gasteiger partial charge in [-0.15, -0.1) is 12.6 Å². The van der Waals surface area contributed by atoms with Crippen molar-refractivity contribution in [3.8, 4) is 0 Å². The largest absolute Gasteiger partial charge is 0.395 e. The van der Waals surface area contributed by atoms with E-state index in [9.17, 15) is 5.11 Å². The summed E-state index contributed by atoms with van der Waals surface area (Å²) >= 11 is 4.63. The van der Waals surface area contributed by atoms with E-state index in [0.717, 1.165) is 17.0 Å². The topological polar surface area (TPSA) is 26.7 Å². The summed E-state index contributed by atoms with van der Waals surface area (Å²) in [7, 11) is 4.22. The Morgan fingerprint density at radius 3 is 2.31 bits per heavy atom. The Hall–Kier alpha value is -0.970. The second-order valence-electron chi connectivity index (χ2n) is 8.11. The number of aliphatic hydroxyl groups is 1. The third-order valence-electron chi connectivity index (χ3n) is 6.17. The van der Waals surface area contributed by atoms with Gasteiger partial charge in [0, 0.05) is 30.6 Å². The Morgan fingerprint density at radius 2 is 1.81 bits per heavy atom. The van der Waals surface area contributed by atoms with Gasteiger partial charge in [-0.3, -0.25) is 4.90 Å². The van der Waals surface area contributed by atoms with Crippen molar-refractivity contribution in [1.82, 2.24) is 4.90 Å². The minimum atomic E-state index is 0.0579. The van der Waals surface area contributed by atoms with Gasteiger partial charge < -0.3 is 10.0 Å². The standard InChI is InChI=1S/C22H38N2OS/c1-9-22(5,6)17(3)21(23(7)14-15-25)16(2)18(4)24(8)19-12-10-11-13-20(19)26/h10-13,16,18,21,25-26H,3,9,14-15H2,1-2,4-8H3/t16-,18-,21?/m0/s1. The number of likely N-dealkylation sites (N-methyl/N-ethyl adjacent to an activating group) is 1. The molecule has 0 aliphatic carbocycles. The van der Waals surface area contributed by atoms with Crippen LogP contribution in [0.25, 0.3) is 0 Å². The molecule has 0 bridgehead atoms. The lowest BCUT2D eigenvalue weighted by molar-refractivity contribution is 0.140. The lowest BCUT2D eigenvalue weighted by Crippen LogP contribution is -2.49. The predicted molar refractivity (Wildman–Crippen MR) is 117 cm³/mol. The van der Waals surface area contributed by atoms with Crippen molar-refractivity contribution in [2.45, 2.75) is 58.0 Å². The van der Waals surface area contributed by atoms with Gasteiger partial charge in [-0.25, -0.2) is 0 Å². The van der Waals surface area contributed by atoms with Crippen LogP contribution in [-0.2, 0) is 0 Å². The van der Waals surface area contributed by atoms with E-state index in [2.05, 4.69) is 89.9 Å². The van der Waals surface area contributed by atoms with Gasteiger partial charge in [-0.05, 0) is 43.9 Å². The SMILES string of the molecule is C=C(C([C@@H](C)[C@H](C)N(C)c1ccccc1S)N(C)CCO)C(C)(C)CC. The molecule has 0 aliphatic heterocycles. The zero-order valence-corrected chi connectivity index (χ0v) is 18.6. The smallest absolute Gasteiger partial charge is 0.0558 e. The number of hydrogen-bond donors (Lipinski definition) is 2. The molecule has 0 aromatic heterocycles. The van der Waals surface area contributed by atoms with Crippen molar-refractivity contribution < 1.29 is 5.11 Å². The monoisotopic (exact) mass is 378 g/mol. The van der Waals surface area contributed by atoms with Gasteiger partial charge in [0.15, 0.2) is 0 Å². The molecule has 3 atom stereocenters. The van der Waals surface area contributed by atoms with Crippen molar-refractivity contribution in [3.05, 3.63) is 36.4 Å². The van der Waals surface area contributed by atoms with Crippen LogP contribution in [0.15, 0.2) is 41.3 Å². The number of thiol groups is 1. The first-order chi connectivity index (χ1) is 12.1. The van der Waals surface area contributed by atoms with Gasteiger partial charge in [0.25, 0.3) is 0 Å². The Morgan fingerprint density at radius 1 is 1.23 bits per heavy atom. The second kappa shape index (κ2) is 9.82. The third-order valence-corrected chi connectivity index (χ3v) is 6.55. The lowest BCUT2D eigenvalue weighted by atomic mass is 9.74. The quantitative estimate of drug-likeness (QED) is 0.455. The third kappa shape index (κ3) is 5.28. The minimum absolute atomic E-state index is 0.0579. The Bertz CT molecular complexity index is 587. The molecule has 0 saturated heterocycles. The first-order valence-electron chi connectivity index (χ1n) is 9.59. The Labute approximate surface area is 166 Å². The summed E-state index contributed by atoms with van der Waals surface area (Å²) in [4.78, 5) is 5.54. The summed E-state index contributed by atoms with van der Waals surface area (Å²) in [6.07, 6.45) is 1.05. The van der Waals surface area contributed by atoms with E-state index in [1.165, 1.54) is 5.57 Å². The summed E-state index contributed by atoms with van der Waals surface area (Å²) in [6, 6.07) is 8.69. The predicted octanol–water partition coefficient (Wildman–Crippen LogP) is 4.72. The highest BCUT2D eigenvalue weighted by atomic mass is 32.1. The molecule has 1 rings (SSSR count). The van der Waals surface area contributed by atoms with E-state index >= 15 is 0 Å². The molecular formula is C22H38N2OS. The van der Waals surface area contributed by atoms with Crippen LogP contribution >= 0.6 is 12.6 Å². The number of hydrogen-bond acceptors (Lipinski definition) is 4. The van der Waals surface area contributed by atoms with Crippen LogP contribution in [0.3, 0.4) is 0 Å². The molecule has 1 aromatic rings. The molecule has 0 heterocycles. The molecule has 1 aromatic carbocycles. The molecule has 3 nitrogen and oxygen atoms in total. The average Bonchev–Trinajstić information content (AvgIpc) is 2.61. The highest BCUT2D eigenvalue weighted by molar-refractivity contribution is 7.80. The highest BCUT2D eigenvalue weighted by Gasteiger charge is 2.35. The summed E-state index contributed by atoms with van der Waals surface area (Å²) in [6.45, 7) is 16.6. The fourth-order valence-corrected chi connectivity index (χ4v) is 3.83. The van der Waals surface area contributed by atoms with Crippen LogP contribution in [0.4, 0.5) is 5.69 Å². The van der Waals surface area contributed by atoms with Crippen LogP contribution in [0.1, 0.15) is 41.0 Å². The maximum absolute atomic E-state index is 9.48. The normalized spacial score (nSPS) is 15.6. The van der Waals surface area contributed by atoms with Gasteiger partial charge in [-0.1, -0.05) is 52.0 Å². The van der Waals surface area contributed by atoms with E-state index in [1.807, 2.05) is 12.1 Å². The molecule has 0 saturated carbocycles. The van der Waals surface area contributed by atoms with Crippen LogP contribution in [-0.4, -0.2) is 49.3 Å². The summed E-state index contributed by atoms with van der Waals surface area (Å²) in [5, 5.41) is 9.48. The van der Waals surface area contributed by atoms with Crippen molar-refractivity contribution in [2.24, 2.45) is 11.3 Å². The first kappa shape index (κ1) is 23.1. The average molecular weight is 379 g/mol. The van der Waals surface area contributed by atoms with Crippen LogP contribution in [0.2, 0.25) is 0 Å². The highest BCUT2D eigenvalue weighted by Crippen LogP contribution is 2.37. The van der Waals surface area contributed by atoms with E-state index < -0.39 is 0 Å². The molecule has 148 valence electrons. The van der Waals surface area contributed by atoms with Gasteiger partial charge in [-0.2, -0.15) is 0 Å². The molecule has 0 fully saturated rings. The second-order valence-corrected chi connectivity index (χ2v) is 8.59. The van der Waals surface area contributed by atoms with Gasteiger partial charge in [0.05, 0.1) is 12.3 Å². The van der Waals surface area contributed by atoms with Crippen molar-refractivity contribution in [2.75, 3.05) is 32.1 Å². The molecule has 26 heavy (non-hydrogen) atoms. The van der Waals surface area contributed by atoms with E-state index in [0.29, 0.717) is 18.5 Å². The van der Waals surface area contributed by atoms with Crippen molar-refractivity contribution in [1.29, 1.82) is 0 Å². The maximum Gasteiger partial charge on any atom is 0.0558 e. The summed E-state index contributed by atoms with van der Waals surface area (Å²) < 4.78 is 0. The fourth-order valence-electron chi connectivity index (χ4n) is 3.51. The fraction of sp³-hybridized carbons (Fsp3) is 0.636. The summed E-state index contributed by atoms with van der Waals surface area (Å²) in [5.41, 5.74) is 2.43. The minimum Gasteiger partial charge on any atom is -0.395 e. The molecule has 1 N–H and O–H groups in total. The Balaban J connectivity index is 3.16. The molecule has 0 radical (unpaired) electrons. The van der Waals surface area contributed by atoms with Crippen LogP contribution in [0.5, 0.6) is 0 Å².